The molecular formula is C15H14ClFN2O. The Morgan fingerprint density at radius 1 is 1.30 bits per heavy atom. The molecule has 0 spiro atoms. The van der Waals surface area contributed by atoms with Crippen molar-refractivity contribution >= 4 is 17.5 Å². The minimum absolute atomic E-state index is 0.195. The molecular weight excluding hydrogens is 279 g/mol. The Morgan fingerprint density at radius 2 is 2.00 bits per heavy atom. The zero-order valence-corrected chi connectivity index (χ0v) is 11.7. The number of halogens is 2. The highest BCUT2D eigenvalue weighted by Crippen LogP contribution is 2.10. The van der Waals surface area contributed by atoms with Crippen molar-refractivity contribution in [2.24, 2.45) is 0 Å². The van der Waals surface area contributed by atoms with Crippen LogP contribution in [0.4, 0.5) is 4.39 Å². The fourth-order valence-electron chi connectivity index (χ4n) is 1.83. The van der Waals surface area contributed by atoms with Crippen LogP contribution in [0.5, 0.6) is 0 Å². The molecule has 1 aromatic carbocycles. The standard InChI is InChI=1S/C15H14ClFN2O/c1-10-8-12(9-14(16)19-10)15(20)18-7-6-11-2-4-13(17)5-3-11/h2-5,8-9H,6-7H2,1H3,(H,18,20). The lowest BCUT2D eigenvalue weighted by Crippen LogP contribution is -2.25. The number of hydrogen-bond donors (Lipinski definition) is 1. The molecule has 0 aliphatic heterocycles. The molecule has 0 saturated heterocycles. The van der Waals surface area contributed by atoms with E-state index in [4.69, 9.17) is 11.6 Å². The Hall–Kier alpha value is -1.94. The van der Waals surface area contributed by atoms with E-state index in [9.17, 15) is 9.18 Å². The molecule has 2 aromatic rings. The number of hydrogen-bond acceptors (Lipinski definition) is 2. The summed E-state index contributed by atoms with van der Waals surface area (Å²) >= 11 is 5.81. The topological polar surface area (TPSA) is 42.0 Å². The number of amides is 1. The molecule has 104 valence electrons. The lowest BCUT2D eigenvalue weighted by molar-refractivity contribution is 0.0954. The molecule has 1 aromatic heterocycles. The van der Waals surface area contributed by atoms with E-state index in [2.05, 4.69) is 10.3 Å². The van der Waals surface area contributed by atoms with Crippen LogP contribution in [-0.4, -0.2) is 17.4 Å². The quantitative estimate of drug-likeness (QED) is 0.880. The maximum absolute atomic E-state index is 12.7. The molecule has 0 saturated carbocycles. The monoisotopic (exact) mass is 292 g/mol. The van der Waals surface area contributed by atoms with Crippen LogP contribution < -0.4 is 5.32 Å². The average Bonchev–Trinajstić information content (AvgIpc) is 2.40. The Morgan fingerprint density at radius 3 is 2.65 bits per heavy atom. The van der Waals surface area contributed by atoms with Gasteiger partial charge >= 0.3 is 0 Å². The van der Waals surface area contributed by atoms with Crippen molar-refractivity contribution in [1.29, 1.82) is 0 Å². The molecule has 1 heterocycles. The number of rotatable bonds is 4. The van der Waals surface area contributed by atoms with Gasteiger partial charge in [-0.15, -0.1) is 0 Å². The first-order valence-corrected chi connectivity index (χ1v) is 6.59. The van der Waals surface area contributed by atoms with Crippen LogP contribution in [0.1, 0.15) is 21.6 Å². The lowest BCUT2D eigenvalue weighted by Gasteiger charge is -2.06. The Balaban J connectivity index is 1.90. The summed E-state index contributed by atoms with van der Waals surface area (Å²) < 4.78 is 12.7. The van der Waals surface area contributed by atoms with Gasteiger partial charge in [0.25, 0.3) is 5.91 Å². The van der Waals surface area contributed by atoms with Crippen molar-refractivity contribution in [2.45, 2.75) is 13.3 Å². The second-order valence-corrected chi connectivity index (χ2v) is 4.84. The Labute approximate surface area is 121 Å². The third-order valence-electron chi connectivity index (χ3n) is 2.80. The molecule has 0 atom stereocenters. The molecule has 0 aliphatic rings. The van der Waals surface area contributed by atoms with Gasteiger partial charge in [0.1, 0.15) is 11.0 Å². The summed E-state index contributed by atoms with van der Waals surface area (Å²) in [5, 5.41) is 3.10. The van der Waals surface area contributed by atoms with Gasteiger partial charge in [-0.1, -0.05) is 23.7 Å². The second kappa shape index (κ2) is 6.48. The first-order valence-electron chi connectivity index (χ1n) is 6.21. The minimum Gasteiger partial charge on any atom is -0.352 e. The number of aromatic nitrogens is 1. The molecule has 1 amide bonds. The van der Waals surface area contributed by atoms with E-state index in [1.165, 1.54) is 18.2 Å². The van der Waals surface area contributed by atoms with Gasteiger partial charge in [-0.3, -0.25) is 4.79 Å². The molecule has 0 aliphatic carbocycles. The van der Waals surface area contributed by atoms with E-state index < -0.39 is 0 Å². The van der Waals surface area contributed by atoms with Gasteiger partial charge in [0.05, 0.1) is 0 Å². The number of pyridine rings is 1. The molecule has 1 N–H and O–H groups in total. The molecule has 3 nitrogen and oxygen atoms in total. The number of aryl methyl sites for hydroxylation is 1. The molecule has 0 radical (unpaired) electrons. The van der Waals surface area contributed by atoms with E-state index in [-0.39, 0.29) is 11.7 Å². The van der Waals surface area contributed by atoms with E-state index in [0.29, 0.717) is 29.4 Å². The van der Waals surface area contributed by atoms with Gasteiger partial charge in [0, 0.05) is 17.8 Å². The van der Waals surface area contributed by atoms with Crippen LogP contribution in [-0.2, 0) is 6.42 Å². The highest BCUT2D eigenvalue weighted by molar-refractivity contribution is 6.29. The van der Waals surface area contributed by atoms with Crippen molar-refractivity contribution in [3.8, 4) is 0 Å². The fourth-order valence-corrected chi connectivity index (χ4v) is 2.08. The largest absolute Gasteiger partial charge is 0.352 e. The van der Waals surface area contributed by atoms with Crippen molar-refractivity contribution in [3.63, 3.8) is 0 Å². The van der Waals surface area contributed by atoms with E-state index in [1.807, 2.05) is 0 Å². The second-order valence-electron chi connectivity index (χ2n) is 4.45. The highest BCUT2D eigenvalue weighted by Gasteiger charge is 2.07. The number of nitrogens with zero attached hydrogens (tertiary/aromatic N) is 1. The van der Waals surface area contributed by atoms with Crippen LogP contribution in [0.2, 0.25) is 5.15 Å². The molecule has 20 heavy (non-hydrogen) atoms. The van der Waals surface area contributed by atoms with Crippen LogP contribution in [0.3, 0.4) is 0 Å². The van der Waals surface area contributed by atoms with Crippen molar-refractivity contribution < 1.29 is 9.18 Å². The first kappa shape index (κ1) is 14.5. The van der Waals surface area contributed by atoms with Crippen molar-refractivity contribution in [2.75, 3.05) is 6.54 Å². The van der Waals surface area contributed by atoms with Gasteiger partial charge in [0.15, 0.2) is 0 Å². The first-order chi connectivity index (χ1) is 9.54. The highest BCUT2D eigenvalue weighted by atomic mass is 35.5. The van der Waals surface area contributed by atoms with Crippen LogP contribution in [0, 0.1) is 12.7 Å². The van der Waals surface area contributed by atoms with Gasteiger partial charge < -0.3 is 5.32 Å². The maximum atomic E-state index is 12.7. The number of carbonyl (C=O) groups excluding carboxylic acids is 1. The summed E-state index contributed by atoms with van der Waals surface area (Å²) in [6.07, 6.45) is 0.643. The zero-order valence-electron chi connectivity index (χ0n) is 11.0. The molecule has 2 rings (SSSR count). The molecule has 0 fully saturated rings. The SMILES string of the molecule is Cc1cc(C(=O)NCCc2ccc(F)cc2)cc(Cl)n1. The van der Waals surface area contributed by atoms with Gasteiger partial charge in [-0.2, -0.15) is 0 Å². The molecule has 5 heteroatoms. The van der Waals surface area contributed by atoms with E-state index >= 15 is 0 Å². The summed E-state index contributed by atoms with van der Waals surface area (Å²) in [7, 11) is 0. The Kier molecular flexibility index (Phi) is 4.69. The molecule has 0 unspecified atom stereocenters. The van der Waals surface area contributed by atoms with E-state index in [0.717, 1.165) is 5.56 Å². The fraction of sp³-hybridized carbons (Fsp3) is 0.200. The van der Waals surface area contributed by atoms with Crippen LogP contribution in [0.25, 0.3) is 0 Å². The smallest absolute Gasteiger partial charge is 0.251 e. The average molecular weight is 293 g/mol. The summed E-state index contributed by atoms with van der Waals surface area (Å²) in [6, 6.07) is 9.43. The number of carbonyl (C=O) groups is 1. The predicted molar refractivity (Wildman–Crippen MR) is 76.4 cm³/mol. The summed E-state index contributed by atoms with van der Waals surface area (Å²) in [5.41, 5.74) is 2.15. The van der Waals surface area contributed by atoms with Crippen LogP contribution in [0.15, 0.2) is 36.4 Å². The lowest BCUT2D eigenvalue weighted by atomic mass is 10.1. The number of nitrogens with one attached hydrogen (secondary N) is 1. The van der Waals surface area contributed by atoms with Gasteiger partial charge in [-0.25, -0.2) is 9.37 Å². The summed E-state index contributed by atoms with van der Waals surface area (Å²) in [6.45, 7) is 2.25. The van der Waals surface area contributed by atoms with Gasteiger partial charge in [0.2, 0.25) is 0 Å². The van der Waals surface area contributed by atoms with E-state index in [1.54, 1.807) is 25.1 Å². The number of benzene rings is 1. The third-order valence-corrected chi connectivity index (χ3v) is 2.99. The minimum atomic E-state index is -0.264. The van der Waals surface area contributed by atoms with Crippen molar-refractivity contribution in [1.82, 2.24) is 10.3 Å². The molecule has 0 bridgehead atoms. The Bertz CT molecular complexity index is 594. The van der Waals surface area contributed by atoms with Crippen molar-refractivity contribution in [3.05, 3.63) is 64.2 Å². The summed E-state index contributed by atoms with van der Waals surface area (Å²) in [4.78, 5) is 15.9. The summed E-state index contributed by atoms with van der Waals surface area (Å²) in [5.74, 6) is -0.459. The normalized spacial score (nSPS) is 10.3. The van der Waals surface area contributed by atoms with Crippen LogP contribution >= 0.6 is 11.6 Å². The predicted octanol–water partition coefficient (Wildman–Crippen LogP) is 3.16. The maximum Gasteiger partial charge on any atom is 0.251 e. The zero-order chi connectivity index (χ0) is 14.5. The van der Waals surface area contributed by atoms with Gasteiger partial charge in [-0.05, 0) is 43.2 Å². The third kappa shape index (κ3) is 4.03.